The molecular weight excluding hydrogens is 355 g/mol. The van der Waals surface area contributed by atoms with E-state index in [1.807, 2.05) is 30.3 Å². The van der Waals surface area contributed by atoms with E-state index in [2.05, 4.69) is 5.32 Å². The second kappa shape index (κ2) is 9.45. The fourth-order valence-corrected chi connectivity index (χ4v) is 3.27. The normalized spacial score (nSPS) is 11.5. The maximum absolute atomic E-state index is 13.0. The van der Waals surface area contributed by atoms with Gasteiger partial charge in [0.15, 0.2) is 0 Å². The van der Waals surface area contributed by atoms with Crippen LogP contribution in [-0.4, -0.2) is 38.0 Å². The van der Waals surface area contributed by atoms with Crippen LogP contribution in [0.25, 0.3) is 0 Å². The molecule has 2 aromatic carbocycles. The number of nitrogens with zero attached hydrogens (tertiary/aromatic N) is 1. The molecule has 0 unspecified atom stereocenters. The minimum absolute atomic E-state index is 0.121. The number of carbonyl (C=O) groups excluding carboxylic acids is 1. The Kier molecular flexibility index (Phi) is 7.29. The Morgan fingerprint density at radius 3 is 2.31 bits per heavy atom. The van der Waals surface area contributed by atoms with E-state index in [0.29, 0.717) is 18.4 Å². The van der Waals surface area contributed by atoms with E-state index in [0.717, 1.165) is 11.8 Å². The Hall–Kier alpha value is -2.25. The van der Waals surface area contributed by atoms with Crippen molar-refractivity contribution >= 4 is 15.9 Å². The third kappa shape index (κ3) is 6.93. The summed E-state index contributed by atoms with van der Waals surface area (Å²) in [6.07, 6.45) is 2.10. The van der Waals surface area contributed by atoms with Gasteiger partial charge in [-0.05, 0) is 29.7 Å². The van der Waals surface area contributed by atoms with Crippen molar-refractivity contribution in [3.63, 3.8) is 0 Å². The Labute approximate surface area is 153 Å². The lowest BCUT2D eigenvalue weighted by atomic mass is 10.1. The van der Waals surface area contributed by atoms with Gasteiger partial charge in [0.05, 0.1) is 6.26 Å². The highest BCUT2D eigenvalue weighted by Crippen LogP contribution is 2.09. The SMILES string of the molecule is CS(=O)(=O)N(CCNC(=O)CCc1ccccc1)Cc1ccc(F)cc1. The fourth-order valence-electron chi connectivity index (χ4n) is 2.47. The van der Waals surface area contributed by atoms with Crippen LogP contribution in [0.2, 0.25) is 0 Å². The van der Waals surface area contributed by atoms with Gasteiger partial charge < -0.3 is 5.32 Å². The van der Waals surface area contributed by atoms with Crippen LogP contribution in [-0.2, 0) is 27.8 Å². The lowest BCUT2D eigenvalue weighted by Gasteiger charge is -2.20. The predicted molar refractivity (Wildman–Crippen MR) is 99.4 cm³/mol. The summed E-state index contributed by atoms with van der Waals surface area (Å²) < 4.78 is 38.1. The summed E-state index contributed by atoms with van der Waals surface area (Å²) >= 11 is 0. The lowest BCUT2D eigenvalue weighted by Crippen LogP contribution is -2.37. The van der Waals surface area contributed by atoms with Gasteiger partial charge in [-0.1, -0.05) is 42.5 Å². The molecule has 0 radical (unpaired) electrons. The van der Waals surface area contributed by atoms with Crippen molar-refractivity contribution in [1.29, 1.82) is 0 Å². The van der Waals surface area contributed by atoms with Gasteiger partial charge in [0.1, 0.15) is 5.82 Å². The van der Waals surface area contributed by atoms with E-state index in [1.54, 1.807) is 12.1 Å². The summed E-state index contributed by atoms with van der Waals surface area (Å²) in [7, 11) is -3.44. The number of benzene rings is 2. The zero-order chi connectivity index (χ0) is 19.0. The van der Waals surface area contributed by atoms with E-state index in [1.165, 1.54) is 16.4 Å². The number of hydrogen-bond acceptors (Lipinski definition) is 3. The number of sulfonamides is 1. The molecule has 2 rings (SSSR count). The third-order valence-electron chi connectivity index (χ3n) is 3.91. The first-order valence-electron chi connectivity index (χ1n) is 8.35. The van der Waals surface area contributed by atoms with Gasteiger partial charge >= 0.3 is 0 Å². The van der Waals surface area contributed by atoms with Crippen molar-refractivity contribution in [1.82, 2.24) is 9.62 Å². The van der Waals surface area contributed by atoms with Crippen molar-refractivity contribution in [3.8, 4) is 0 Å². The smallest absolute Gasteiger partial charge is 0.220 e. The van der Waals surface area contributed by atoms with Gasteiger partial charge in [-0.25, -0.2) is 12.8 Å². The molecule has 0 aliphatic rings. The molecule has 1 amide bonds. The average Bonchev–Trinajstić information content (AvgIpc) is 2.61. The number of amides is 1. The van der Waals surface area contributed by atoms with Crippen molar-refractivity contribution in [2.45, 2.75) is 19.4 Å². The predicted octanol–water partition coefficient (Wildman–Crippen LogP) is 2.34. The summed E-state index contributed by atoms with van der Waals surface area (Å²) in [6, 6.07) is 15.4. The Balaban J connectivity index is 1.81. The van der Waals surface area contributed by atoms with Crippen molar-refractivity contribution < 1.29 is 17.6 Å². The van der Waals surface area contributed by atoms with E-state index in [9.17, 15) is 17.6 Å². The molecule has 0 saturated heterocycles. The highest BCUT2D eigenvalue weighted by Gasteiger charge is 2.17. The van der Waals surface area contributed by atoms with Crippen LogP contribution in [0.4, 0.5) is 4.39 Å². The standard InChI is InChI=1S/C19H23FN2O3S/c1-26(24,25)22(15-17-7-10-18(20)11-8-17)14-13-21-19(23)12-9-16-5-3-2-4-6-16/h2-8,10-11H,9,12-15H2,1H3,(H,21,23). The summed E-state index contributed by atoms with van der Waals surface area (Å²) in [4.78, 5) is 11.9. The summed E-state index contributed by atoms with van der Waals surface area (Å²) in [5.74, 6) is -0.491. The van der Waals surface area contributed by atoms with Crippen LogP contribution in [0, 0.1) is 5.82 Å². The van der Waals surface area contributed by atoms with Gasteiger partial charge in [-0.15, -0.1) is 0 Å². The average molecular weight is 378 g/mol. The van der Waals surface area contributed by atoms with Crippen LogP contribution >= 0.6 is 0 Å². The maximum atomic E-state index is 13.0. The molecule has 0 heterocycles. The fraction of sp³-hybridized carbons (Fsp3) is 0.316. The largest absolute Gasteiger partial charge is 0.355 e. The van der Waals surface area contributed by atoms with E-state index >= 15 is 0 Å². The second-order valence-electron chi connectivity index (χ2n) is 6.06. The van der Waals surface area contributed by atoms with E-state index in [4.69, 9.17) is 0 Å². The number of halogens is 1. The van der Waals surface area contributed by atoms with Crippen LogP contribution in [0.15, 0.2) is 54.6 Å². The van der Waals surface area contributed by atoms with Gasteiger partial charge in [0.2, 0.25) is 15.9 Å². The van der Waals surface area contributed by atoms with Crippen LogP contribution in [0.3, 0.4) is 0 Å². The summed E-state index contributed by atoms with van der Waals surface area (Å²) in [5.41, 5.74) is 1.77. The molecule has 26 heavy (non-hydrogen) atoms. The number of aryl methyl sites for hydroxylation is 1. The van der Waals surface area contributed by atoms with Crippen molar-refractivity contribution in [2.75, 3.05) is 19.3 Å². The Morgan fingerprint density at radius 2 is 1.69 bits per heavy atom. The minimum Gasteiger partial charge on any atom is -0.355 e. The summed E-state index contributed by atoms with van der Waals surface area (Å²) in [5, 5.41) is 2.75. The zero-order valence-corrected chi connectivity index (χ0v) is 15.5. The molecule has 5 nitrogen and oxygen atoms in total. The molecule has 0 bridgehead atoms. The van der Waals surface area contributed by atoms with Gasteiger partial charge in [0.25, 0.3) is 0 Å². The molecule has 140 valence electrons. The molecule has 0 saturated carbocycles. The number of carbonyl (C=O) groups is 1. The quantitative estimate of drug-likeness (QED) is 0.728. The van der Waals surface area contributed by atoms with Crippen LogP contribution in [0.1, 0.15) is 17.5 Å². The highest BCUT2D eigenvalue weighted by atomic mass is 32.2. The molecule has 0 aliphatic heterocycles. The topological polar surface area (TPSA) is 66.5 Å². The first-order valence-corrected chi connectivity index (χ1v) is 10.2. The molecule has 0 fully saturated rings. The first kappa shape index (κ1) is 20.1. The molecule has 1 N–H and O–H groups in total. The second-order valence-corrected chi connectivity index (χ2v) is 8.04. The van der Waals surface area contributed by atoms with E-state index in [-0.39, 0.29) is 31.4 Å². The monoisotopic (exact) mass is 378 g/mol. The minimum atomic E-state index is -3.44. The van der Waals surface area contributed by atoms with Gasteiger partial charge in [-0.2, -0.15) is 4.31 Å². The lowest BCUT2D eigenvalue weighted by molar-refractivity contribution is -0.121. The van der Waals surface area contributed by atoms with E-state index < -0.39 is 10.0 Å². The zero-order valence-electron chi connectivity index (χ0n) is 14.7. The molecule has 2 aromatic rings. The van der Waals surface area contributed by atoms with Crippen molar-refractivity contribution in [3.05, 3.63) is 71.5 Å². The first-order chi connectivity index (χ1) is 12.3. The molecular formula is C19H23FN2O3S. The van der Waals surface area contributed by atoms with Crippen LogP contribution < -0.4 is 5.32 Å². The van der Waals surface area contributed by atoms with Crippen molar-refractivity contribution in [2.24, 2.45) is 0 Å². The maximum Gasteiger partial charge on any atom is 0.220 e. The highest BCUT2D eigenvalue weighted by molar-refractivity contribution is 7.88. The molecule has 0 aliphatic carbocycles. The number of nitrogens with one attached hydrogen (secondary N) is 1. The van der Waals surface area contributed by atoms with Crippen LogP contribution in [0.5, 0.6) is 0 Å². The Bertz CT molecular complexity index is 808. The van der Waals surface area contributed by atoms with Gasteiger partial charge in [-0.3, -0.25) is 4.79 Å². The third-order valence-corrected chi connectivity index (χ3v) is 5.16. The van der Waals surface area contributed by atoms with Gasteiger partial charge in [0, 0.05) is 26.1 Å². The molecule has 7 heteroatoms. The Morgan fingerprint density at radius 1 is 1.04 bits per heavy atom. The number of hydrogen-bond donors (Lipinski definition) is 1. The molecule has 0 aromatic heterocycles. The summed E-state index contributed by atoms with van der Waals surface area (Å²) in [6.45, 7) is 0.522. The molecule has 0 spiro atoms. The molecule has 0 atom stereocenters. The number of rotatable bonds is 9.